The van der Waals surface area contributed by atoms with Gasteiger partial charge in [-0.3, -0.25) is 0 Å². The molecule has 0 saturated heterocycles. The first-order valence-electron chi connectivity index (χ1n) is 9.12. The van der Waals surface area contributed by atoms with E-state index in [9.17, 15) is 5.11 Å². The maximum absolute atomic E-state index is 12.0. The Morgan fingerprint density at radius 1 is 1.00 bits per heavy atom. The van der Waals surface area contributed by atoms with E-state index in [0.29, 0.717) is 5.92 Å². The summed E-state index contributed by atoms with van der Waals surface area (Å²) in [5, 5.41) is 12.0. The van der Waals surface area contributed by atoms with Crippen LogP contribution in [0.4, 0.5) is 0 Å². The summed E-state index contributed by atoms with van der Waals surface area (Å²) in [7, 11) is 1.67. The van der Waals surface area contributed by atoms with Crippen LogP contribution >= 0.6 is 0 Å². The van der Waals surface area contributed by atoms with Crippen LogP contribution in [-0.4, -0.2) is 12.2 Å². The molecule has 1 aliphatic carbocycles. The van der Waals surface area contributed by atoms with Gasteiger partial charge in [0.05, 0.1) is 7.11 Å². The van der Waals surface area contributed by atoms with Crippen LogP contribution in [0.15, 0.2) is 54.6 Å². The monoisotopic (exact) mass is 324 g/mol. The molecule has 2 aromatic rings. The largest absolute Gasteiger partial charge is 0.497 e. The van der Waals surface area contributed by atoms with Gasteiger partial charge in [-0.1, -0.05) is 75.1 Å². The lowest BCUT2D eigenvalue weighted by molar-refractivity contribution is -0.0130. The third-order valence-electron chi connectivity index (χ3n) is 5.69. The lowest BCUT2D eigenvalue weighted by atomic mass is 9.69. The molecule has 2 aromatic carbocycles. The predicted molar refractivity (Wildman–Crippen MR) is 98.2 cm³/mol. The summed E-state index contributed by atoms with van der Waals surface area (Å²) < 4.78 is 5.29. The zero-order valence-corrected chi connectivity index (χ0v) is 14.7. The summed E-state index contributed by atoms with van der Waals surface area (Å²) in [6.07, 6.45) is 6.00. The van der Waals surface area contributed by atoms with Gasteiger partial charge < -0.3 is 9.84 Å². The Labute approximate surface area is 145 Å². The highest BCUT2D eigenvalue weighted by atomic mass is 16.5. The fourth-order valence-electron chi connectivity index (χ4n) is 4.46. The first-order chi connectivity index (χ1) is 11.7. The van der Waals surface area contributed by atoms with Crippen molar-refractivity contribution in [1.82, 2.24) is 0 Å². The van der Waals surface area contributed by atoms with Crippen LogP contribution in [-0.2, 0) is 5.60 Å². The number of rotatable bonds is 6. The van der Waals surface area contributed by atoms with Crippen molar-refractivity contribution in [3.05, 3.63) is 65.7 Å². The van der Waals surface area contributed by atoms with Gasteiger partial charge >= 0.3 is 0 Å². The molecule has 2 atom stereocenters. The van der Waals surface area contributed by atoms with Crippen molar-refractivity contribution in [2.75, 3.05) is 7.11 Å². The van der Waals surface area contributed by atoms with Crippen molar-refractivity contribution < 1.29 is 9.84 Å². The van der Waals surface area contributed by atoms with Crippen molar-refractivity contribution in [1.29, 1.82) is 0 Å². The zero-order valence-electron chi connectivity index (χ0n) is 14.7. The van der Waals surface area contributed by atoms with Crippen molar-refractivity contribution in [3.63, 3.8) is 0 Å². The van der Waals surface area contributed by atoms with E-state index >= 15 is 0 Å². The molecule has 2 nitrogen and oxygen atoms in total. The Kier molecular flexibility index (Phi) is 5.25. The number of hydrogen-bond donors (Lipinski definition) is 1. The third kappa shape index (κ3) is 3.08. The standard InChI is InChI=1S/C22H28O2/c1-3-21(17-9-7-8-10-17)22(23,18-11-5-4-6-12-18)19-13-15-20(24-2)16-14-19/h4-6,11-17,21,23H,3,7-10H2,1-2H3. The van der Waals surface area contributed by atoms with E-state index in [0.717, 1.165) is 23.3 Å². The van der Waals surface area contributed by atoms with Gasteiger partial charge in [-0.25, -0.2) is 0 Å². The minimum atomic E-state index is -0.947. The van der Waals surface area contributed by atoms with Crippen LogP contribution in [0.25, 0.3) is 0 Å². The van der Waals surface area contributed by atoms with Gasteiger partial charge in [-0.15, -0.1) is 0 Å². The van der Waals surface area contributed by atoms with Crippen LogP contribution in [0.5, 0.6) is 5.75 Å². The Morgan fingerprint density at radius 3 is 2.12 bits per heavy atom. The highest BCUT2D eigenvalue weighted by Crippen LogP contribution is 2.47. The molecule has 1 saturated carbocycles. The van der Waals surface area contributed by atoms with Gasteiger partial charge in [0.2, 0.25) is 0 Å². The quantitative estimate of drug-likeness (QED) is 0.796. The van der Waals surface area contributed by atoms with Crippen LogP contribution in [0.2, 0.25) is 0 Å². The van der Waals surface area contributed by atoms with Crippen LogP contribution < -0.4 is 4.74 Å². The second-order valence-corrected chi connectivity index (χ2v) is 6.92. The summed E-state index contributed by atoms with van der Waals surface area (Å²) in [4.78, 5) is 0. The summed E-state index contributed by atoms with van der Waals surface area (Å²) in [6.45, 7) is 2.21. The highest BCUT2D eigenvalue weighted by Gasteiger charge is 2.43. The third-order valence-corrected chi connectivity index (χ3v) is 5.69. The maximum Gasteiger partial charge on any atom is 0.118 e. The average Bonchev–Trinajstić information content (AvgIpc) is 3.17. The molecule has 24 heavy (non-hydrogen) atoms. The van der Waals surface area contributed by atoms with Crippen molar-refractivity contribution in [3.8, 4) is 5.75 Å². The van der Waals surface area contributed by atoms with Crippen LogP contribution in [0.1, 0.15) is 50.2 Å². The van der Waals surface area contributed by atoms with Crippen LogP contribution in [0.3, 0.4) is 0 Å². The molecule has 0 aliphatic heterocycles. The van der Waals surface area contributed by atoms with Gasteiger partial charge in [0.1, 0.15) is 11.4 Å². The molecule has 0 amide bonds. The number of hydrogen-bond acceptors (Lipinski definition) is 2. The molecule has 0 heterocycles. The normalized spacial score (nSPS) is 19.0. The molecule has 0 aromatic heterocycles. The average molecular weight is 324 g/mol. The van der Waals surface area contributed by atoms with Crippen molar-refractivity contribution in [2.24, 2.45) is 11.8 Å². The van der Waals surface area contributed by atoms with E-state index < -0.39 is 5.60 Å². The molecule has 2 heteroatoms. The lowest BCUT2D eigenvalue weighted by Crippen LogP contribution is -2.39. The minimum Gasteiger partial charge on any atom is -0.497 e. The Balaban J connectivity index is 2.08. The molecule has 0 bridgehead atoms. The Bertz CT molecular complexity index is 629. The topological polar surface area (TPSA) is 29.5 Å². The lowest BCUT2D eigenvalue weighted by Gasteiger charge is -2.40. The van der Waals surface area contributed by atoms with Gasteiger partial charge in [-0.05, 0) is 41.5 Å². The van der Waals surface area contributed by atoms with E-state index in [1.54, 1.807) is 7.11 Å². The summed E-state index contributed by atoms with van der Waals surface area (Å²) in [5.41, 5.74) is 1.01. The fourth-order valence-corrected chi connectivity index (χ4v) is 4.46. The molecule has 1 fully saturated rings. The number of methoxy groups -OCH3 is 1. The maximum atomic E-state index is 12.0. The van der Waals surface area contributed by atoms with Crippen molar-refractivity contribution >= 4 is 0 Å². The molecule has 1 aliphatic rings. The van der Waals surface area contributed by atoms with E-state index in [4.69, 9.17) is 4.74 Å². The number of ether oxygens (including phenoxy) is 1. The summed E-state index contributed by atoms with van der Waals surface area (Å²) >= 11 is 0. The van der Waals surface area contributed by atoms with E-state index in [1.807, 2.05) is 42.5 Å². The first-order valence-corrected chi connectivity index (χ1v) is 9.12. The Hall–Kier alpha value is -1.80. The fraction of sp³-hybridized carbons (Fsp3) is 0.455. The molecular formula is C22H28O2. The molecular weight excluding hydrogens is 296 g/mol. The first kappa shape index (κ1) is 17.0. The molecule has 128 valence electrons. The van der Waals surface area contributed by atoms with E-state index in [1.165, 1.54) is 25.7 Å². The van der Waals surface area contributed by atoms with Gasteiger partial charge in [0, 0.05) is 0 Å². The number of benzene rings is 2. The minimum absolute atomic E-state index is 0.232. The van der Waals surface area contributed by atoms with Gasteiger partial charge in [0.25, 0.3) is 0 Å². The number of aliphatic hydroxyl groups is 1. The highest BCUT2D eigenvalue weighted by molar-refractivity contribution is 5.40. The molecule has 0 radical (unpaired) electrons. The van der Waals surface area contributed by atoms with Crippen molar-refractivity contribution in [2.45, 2.75) is 44.6 Å². The van der Waals surface area contributed by atoms with E-state index in [-0.39, 0.29) is 5.92 Å². The van der Waals surface area contributed by atoms with Gasteiger partial charge in [-0.2, -0.15) is 0 Å². The van der Waals surface area contributed by atoms with Crippen LogP contribution in [0, 0.1) is 11.8 Å². The Morgan fingerprint density at radius 2 is 1.58 bits per heavy atom. The van der Waals surface area contributed by atoms with E-state index in [2.05, 4.69) is 19.1 Å². The summed E-state index contributed by atoms with van der Waals surface area (Å²) in [6, 6.07) is 18.1. The second-order valence-electron chi connectivity index (χ2n) is 6.92. The second kappa shape index (κ2) is 7.40. The van der Waals surface area contributed by atoms with Gasteiger partial charge in [0.15, 0.2) is 0 Å². The molecule has 2 unspecified atom stereocenters. The summed E-state index contributed by atoms with van der Waals surface area (Å²) in [5.74, 6) is 1.64. The SMILES string of the molecule is CCC(C1CCCC1)C(O)(c1ccccc1)c1ccc(OC)cc1. The predicted octanol–water partition coefficient (Wildman–Crippen LogP) is 5.15. The zero-order chi connectivity index (χ0) is 17.0. The smallest absolute Gasteiger partial charge is 0.118 e. The molecule has 3 rings (SSSR count). The molecule has 1 N–H and O–H groups in total. The molecule has 0 spiro atoms.